The highest BCUT2D eigenvalue weighted by atomic mass is 14.9. The standard InChI is InChI=1S/C17H21N/c1-6-13(4)11-16(8-3)18-17-10-9-15(7-2)12-14(17)5/h1,8-12,18H,7H2,2-5H3/b13-11-,16-8+. The second-order valence-electron chi connectivity index (χ2n) is 4.34. The first-order valence-electron chi connectivity index (χ1n) is 6.28. The lowest BCUT2D eigenvalue weighted by Gasteiger charge is -2.11. The van der Waals surface area contributed by atoms with Gasteiger partial charge in [-0.1, -0.05) is 31.1 Å². The van der Waals surface area contributed by atoms with Crippen LogP contribution in [0.4, 0.5) is 5.69 Å². The lowest BCUT2D eigenvalue weighted by atomic mass is 10.1. The van der Waals surface area contributed by atoms with E-state index in [1.165, 1.54) is 11.1 Å². The molecule has 0 aromatic heterocycles. The van der Waals surface area contributed by atoms with Crippen LogP contribution in [-0.4, -0.2) is 0 Å². The van der Waals surface area contributed by atoms with E-state index in [9.17, 15) is 0 Å². The van der Waals surface area contributed by atoms with Crippen molar-refractivity contribution < 1.29 is 0 Å². The first kappa shape index (κ1) is 14.1. The first-order chi connectivity index (χ1) is 8.60. The monoisotopic (exact) mass is 239 g/mol. The summed E-state index contributed by atoms with van der Waals surface area (Å²) in [6, 6.07) is 6.49. The molecule has 0 saturated heterocycles. The highest BCUT2D eigenvalue weighted by Crippen LogP contribution is 2.19. The molecule has 18 heavy (non-hydrogen) atoms. The van der Waals surface area contributed by atoms with Gasteiger partial charge in [-0.15, -0.1) is 6.42 Å². The van der Waals surface area contributed by atoms with Gasteiger partial charge in [0.1, 0.15) is 0 Å². The Hall–Kier alpha value is -1.94. The van der Waals surface area contributed by atoms with Crippen molar-refractivity contribution in [3.05, 3.63) is 52.7 Å². The van der Waals surface area contributed by atoms with Crippen molar-refractivity contribution in [3.8, 4) is 12.3 Å². The number of nitrogens with one attached hydrogen (secondary N) is 1. The number of allylic oxidation sites excluding steroid dienone is 3. The van der Waals surface area contributed by atoms with E-state index in [4.69, 9.17) is 6.42 Å². The molecule has 1 rings (SSSR count). The molecule has 0 fully saturated rings. The summed E-state index contributed by atoms with van der Waals surface area (Å²) < 4.78 is 0. The van der Waals surface area contributed by atoms with E-state index >= 15 is 0 Å². The van der Waals surface area contributed by atoms with E-state index in [1.807, 2.05) is 26.0 Å². The maximum atomic E-state index is 5.36. The predicted octanol–water partition coefficient (Wildman–Crippen LogP) is 4.45. The molecule has 0 aliphatic rings. The molecule has 0 atom stereocenters. The minimum absolute atomic E-state index is 0.915. The smallest absolute Gasteiger partial charge is 0.0414 e. The van der Waals surface area contributed by atoms with Crippen LogP contribution in [0.15, 0.2) is 41.6 Å². The molecule has 0 heterocycles. The minimum atomic E-state index is 0.915. The largest absolute Gasteiger partial charge is 0.356 e. The number of hydrogen-bond acceptors (Lipinski definition) is 1. The molecular formula is C17H21N. The second-order valence-corrected chi connectivity index (χ2v) is 4.34. The molecule has 1 heteroatoms. The van der Waals surface area contributed by atoms with E-state index in [1.54, 1.807) is 0 Å². The van der Waals surface area contributed by atoms with Crippen LogP contribution in [0.5, 0.6) is 0 Å². The Morgan fingerprint density at radius 2 is 2.17 bits per heavy atom. The molecular weight excluding hydrogens is 218 g/mol. The van der Waals surface area contributed by atoms with Crippen molar-refractivity contribution in [1.82, 2.24) is 0 Å². The summed E-state index contributed by atoms with van der Waals surface area (Å²) in [6.07, 6.45) is 10.4. The summed E-state index contributed by atoms with van der Waals surface area (Å²) in [4.78, 5) is 0. The summed E-state index contributed by atoms with van der Waals surface area (Å²) in [5.74, 6) is 2.63. The van der Waals surface area contributed by atoms with Crippen molar-refractivity contribution in [2.45, 2.75) is 34.1 Å². The highest BCUT2D eigenvalue weighted by Gasteiger charge is 2.00. The van der Waals surface area contributed by atoms with Crippen molar-refractivity contribution in [3.63, 3.8) is 0 Å². The molecule has 1 aromatic rings. The number of terminal acetylenes is 1. The molecule has 0 aliphatic carbocycles. The van der Waals surface area contributed by atoms with E-state index in [2.05, 4.69) is 43.3 Å². The Bertz CT molecular complexity index is 513. The third-order valence-electron chi connectivity index (χ3n) is 2.89. The fraction of sp³-hybridized carbons (Fsp3) is 0.294. The molecule has 0 saturated carbocycles. The van der Waals surface area contributed by atoms with Crippen molar-refractivity contribution in [2.75, 3.05) is 5.32 Å². The Morgan fingerprint density at radius 3 is 2.67 bits per heavy atom. The lowest BCUT2D eigenvalue weighted by molar-refractivity contribution is 1.13. The average Bonchev–Trinajstić information content (AvgIpc) is 2.39. The van der Waals surface area contributed by atoms with Crippen LogP contribution in [0, 0.1) is 19.3 Å². The van der Waals surface area contributed by atoms with Crippen LogP contribution >= 0.6 is 0 Å². The molecule has 1 aromatic carbocycles. The Morgan fingerprint density at radius 1 is 1.44 bits per heavy atom. The number of hydrogen-bond donors (Lipinski definition) is 1. The van der Waals surface area contributed by atoms with E-state index in [0.717, 1.165) is 23.4 Å². The van der Waals surface area contributed by atoms with Gasteiger partial charge in [0.15, 0.2) is 0 Å². The molecule has 0 unspecified atom stereocenters. The highest BCUT2D eigenvalue weighted by molar-refractivity contribution is 5.57. The van der Waals surface area contributed by atoms with Crippen molar-refractivity contribution >= 4 is 5.69 Å². The molecule has 94 valence electrons. The molecule has 1 nitrogen and oxygen atoms in total. The third-order valence-corrected chi connectivity index (χ3v) is 2.89. The maximum absolute atomic E-state index is 5.36. The molecule has 1 N–H and O–H groups in total. The normalized spacial score (nSPS) is 12.2. The zero-order valence-corrected chi connectivity index (χ0v) is 11.7. The lowest BCUT2D eigenvalue weighted by Crippen LogP contribution is -1.99. The van der Waals surface area contributed by atoms with Gasteiger partial charge in [-0.3, -0.25) is 0 Å². The summed E-state index contributed by atoms with van der Waals surface area (Å²) in [6.45, 7) is 8.21. The van der Waals surface area contributed by atoms with Crippen LogP contribution in [0.3, 0.4) is 0 Å². The summed E-state index contributed by atoms with van der Waals surface area (Å²) in [5.41, 5.74) is 5.67. The minimum Gasteiger partial charge on any atom is -0.356 e. The van der Waals surface area contributed by atoms with Crippen LogP contribution in [0.1, 0.15) is 31.9 Å². The Balaban J connectivity index is 2.94. The van der Waals surface area contributed by atoms with E-state index < -0.39 is 0 Å². The van der Waals surface area contributed by atoms with Crippen LogP contribution in [0.25, 0.3) is 0 Å². The number of aryl methyl sites for hydroxylation is 2. The van der Waals surface area contributed by atoms with E-state index in [-0.39, 0.29) is 0 Å². The van der Waals surface area contributed by atoms with E-state index in [0.29, 0.717) is 0 Å². The first-order valence-corrected chi connectivity index (χ1v) is 6.28. The van der Waals surface area contributed by atoms with Gasteiger partial charge in [-0.25, -0.2) is 0 Å². The number of anilines is 1. The quantitative estimate of drug-likeness (QED) is 0.604. The van der Waals surface area contributed by atoms with Crippen LogP contribution in [-0.2, 0) is 6.42 Å². The molecule has 0 spiro atoms. The Labute approximate surface area is 111 Å². The van der Waals surface area contributed by atoms with Gasteiger partial charge in [-0.2, -0.15) is 0 Å². The zero-order chi connectivity index (χ0) is 13.5. The zero-order valence-electron chi connectivity index (χ0n) is 11.7. The van der Waals surface area contributed by atoms with Gasteiger partial charge in [0.05, 0.1) is 0 Å². The summed E-state index contributed by atoms with van der Waals surface area (Å²) in [7, 11) is 0. The molecule has 0 radical (unpaired) electrons. The van der Waals surface area contributed by atoms with Gasteiger partial charge in [-0.05, 0) is 50.5 Å². The summed E-state index contributed by atoms with van der Waals surface area (Å²) >= 11 is 0. The van der Waals surface area contributed by atoms with Crippen molar-refractivity contribution in [1.29, 1.82) is 0 Å². The maximum Gasteiger partial charge on any atom is 0.0414 e. The topological polar surface area (TPSA) is 12.0 Å². The molecule has 0 bridgehead atoms. The van der Waals surface area contributed by atoms with Gasteiger partial charge in [0.2, 0.25) is 0 Å². The fourth-order valence-corrected chi connectivity index (χ4v) is 1.71. The Kier molecular flexibility index (Phi) is 5.27. The SMILES string of the molecule is C#C/C(C)=C\C(=C/C)Nc1ccc(CC)cc1C. The van der Waals surface area contributed by atoms with Gasteiger partial charge in [0, 0.05) is 17.0 Å². The fourth-order valence-electron chi connectivity index (χ4n) is 1.71. The predicted molar refractivity (Wildman–Crippen MR) is 80.5 cm³/mol. The van der Waals surface area contributed by atoms with Crippen LogP contribution < -0.4 is 5.32 Å². The number of rotatable bonds is 4. The van der Waals surface area contributed by atoms with Crippen LogP contribution in [0.2, 0.25) is 0 Å². The van der Waals surface area contributed by atoms with Gasteiger partial charge in [0.25, 0.3) is 0 Å². The van der Waals surface area contributed by atoms with Gasteiger partial charge >= 0.3 is 0 Å². The number of benzene rings is 1. The summed E-state index contributed by atoms with van der Waals surface area (Å²) in [5, 5.41) is 3.40. The second kappa shape index (κ2) is 6.71. The third kappa shape index (κ3) is 3.82. The van der Waals surface area contributed by atoms with Gasteiger partial charge < -0.3 is 5.32 Å². The average molecular weight is 239 g/mol. The molecule has 0 amide bonds. The van der Waals surface area contributed by atoms with Crippen molar-refractivity contribution in [2.24, 2.45) is 0 Å². The molecule has 0 aliphatic heterocycles.